The van der Waals surface area contributed by atoms with Gasteiger partial charge in [0.05, 0.1) is 0 Å². The van der Waals surface area contributed by atoms with Crippen molar-refractivity contribution in [2.24, 2.45) is 11.8 Å². The maximum atomic E-state index is 2.97. The molecule has 4 aliphatic rings. The second kappa shape index (κ2) is 22.7. The summed E-state index contributed by atoms with van der Waals surface area (Å²) in [6, 6.07) is 49.2. The van der Waals surface area contributed by atoms with Crippen LogP contribution in [-0.4, -0.2) is 6.88 Å². The van der Waals surface area contributed by atoms with E-state index in [1.807, 2.05) is 0 Å². The number of rotatable bonds is 10. The number of allylic oxidation sites excluding steroid dienone is 2. The smallest absolute Gasteiger partial charge is 0.147 e. The predicted molar refractivity (Wildman–Crippen MR) is 348 cm³/mol. The van der Waals surface area contributed by atoms with Gasteiger partial charge in [0.2, 0.25) is 0 Å². The molecule has 4 heteroatoms. The Morgan fingerprint density at radius 2 is 0.603 bits per heavy atom. The molecule has 6 aromatic rings. The van der Waals surface area contributed by atoms with Gasteiger partial charge in [0.25, 0.3) is 0 Å². The maximum absolute atomic E-state index is 4.41. The van der Waals surface area contributed by atoms with Gasteiger partial charge in [0.1, 0.15) is 0 Å². The minimum atomic E-state index is -4.41. The van der Waals surface area contributed by atoms with Gasteiger partial charge in [0, 0.05) is 0 Å². The van der Waals surface area contributed by atoms with E-state index in [0.717, 1.165) is 11.8 Å². The Kier molecular flexibility index (Phi) is 17.6. The van der Waals surface area contributed by atoms with Crippen molar-refractivity contribution >= 4 is 43.8 Å². The van der Waals surface area contributed by atoms with Crippen LogP contribution in [0.2, 0.25) is 9.26 Å². The molecule has 0 N–H and O–H groups in total. The zero-order chi connectivity index (χ0) is 54.2. The summed E-state index contributed by atoms with van der Waals surface area (Å²) in [5.41, 5.74) is 27.0. The summed E-state index contributed by atoms with van der Waals surface area (Å²) in [5.74, 6) is 1.48. The van der Waals surface area contributed by atoms with E-state index in [2.05, 4.69) is 233 Å². The molecule has 78 heavy (non-hydrogen) atoms. The van der Waals surface area contributed by atoms with Crippen LogP contribution in [0.25, 0.3) is 56.7 Å². The number of benzene rings is 6. The summed E-state index contributed by atoms with van der Waals surface area (Å²) in [5, 5.41) is 0. The summed E-state index contributed by atoms with van der Waals surface area (Å²) < 4.78 is 6.72. The molecule has 4 aliphatic carbocycles. The Hall–Kier alpha value is -3.52. The van der Waals surface area contributed by atoms with Crippen LogP contribution in [0.3, 0.4) is 0 Å². The molecule has 2 unspecified atom stereocenters. The fourth-order valence-corrected chi connectivity index (χ4v) is 34.4. The predicted octanol–water partition coefficient (Wildman–Crippen LogP) is 22.2. The molecule has 6 aromatic carbocycles. The standard InChI is InChI=1S/2C36H43.2CH3.2ClH.H2Si.Zr/c2*1-35(2,3)29-16-12-27(13-17-29)31-20-21-32(28-14-18-30(19-15-28)36(4,5)6)34-24-26(23-33(31)34)22-25-10-8-7-9-11-25;;;;;;/h2*12-21,23-25H,7-11,22H2,1-6H3;2*1H3;2*1H;1H2;. The van der Waals surface area contributed by atoms with Gasteiger partial charge in [-0.05, 0) is 0 Å². The van der Waals surface area contributed by atoms with Gasteiger partial charge in [-0.3, -0.25) is 0 Å². The van der Waals surface area contributed by atoms with Gasteiger partial charge < -0.3 is 0 Å². The summed E-state index contributed by atoms with van der Waals surface area (Å²) in [7, 11) is 0. The zero-order valence-corrected chi connectivity index (χ0v) is 56.0. The van der Waals surface area contributed by atoms with Crippen molar-refractivity contribution in [1.29, 1.82) is 0 Å². The summed E-state index contributed by atoms with van der Waals surface area (Å²) in [4.78, 5) is 0. The minimum Gasteiger partial charge on any atom is -0.147 e. The number of hydrogen-bond acceptors (Lipinski definition) is 0. The Morgan fingerprint density at radius 3 is 0.859 bits per heavy atom. The van der Waals surface area contributed by atoms with Crippen LogP contribution < -0.4 is 0 Å². The fourth-order valence-electron chi connectivity index (χ4n) is 14.9. The van der Waals surface area contributed by atoms with Crippen molar-refractivity contribution in [3.8, 4) is 44.5 Å². The third-order valence-electron chi connectivity index (χ3n) is 19.2. The quantitative estimate of drug-likeness (QED) is 0.120. The first-order valence-electron chi connectivity index (χ1n) is 30.0. The molecule has 0 heterocycles. The molecular formula is C74H96Cl2SiZr. The molecule has 0 spiro atoms. The van der Waals surface area contributed by atoms with Crippen molar-refractivity contribution in [2.45, 2.75) is 198 Å². The van der Waals surface area contributed by atoms with E-state index in [9.17, 15) is 0 Å². The molecule has 2 fully saturated rings. The second-order valence-corrected chi connectivity index (χ2v) is 60.4. The van der Waals surface area contributed by atoms with E-state index in [1.54, 1.807) is 22.3 Å². The van der Waals surface area contributed by atoms with Crippen molar-refractivity contribution in [3.05, 3.63) is 177 Å². The first-order valence-corrected chi connectivity index (χ1v) is 43.7. The molecule has 0 radical (unpaired) electrons. The SMILES string of the molecule is CC(C)(C)c1ccc(-c2ccc(-c3ccc(C(C)(C)C)cc3)c3c2C=C(CC2CCCCC2)[CH]3[Zr]([CH3])([CH3])(=[SiH2])[CH]2C(CC3CCCCC3)=Cc3c(-c4ccc(C(C)(C)C)cc4)ccc(-c4ccc(C(C)(C)C)cc4)c32)cc1.Cl.Cl. The van der Waals surface area contributed by atoms with Crippen LogP contribution >= 0.6 is 24.8 Å². The van der Waals surface area contributed by atoms with E-state index >= 15 is 0 Å². The topological polar surface area (TPSA) is 0 Å². The first-order chi connectivity index (χ1) is 35.7. The van der Waals surface area contributed by atoms with E-state index in [4.69, 9.17) is 0 Å². The first kappa shape index (κ1) is 60.6. The molecule has 0 aliphatic heterocycles. The van der Waals surface area contributed by atoms with Gasteiger partial charge in [-0.2, -0.15) is 0 Å². The molecule has 2 saturated carbocycles. The summed E-state index contributed by atoms with van der Waals surface area (Å²) in [6.07, 6.45) is 21.8. The normalized spacial score (nSPS) is 18.6. The van der Waals surface area contributed by atoms with Crippen LogP contribution in [0, 0.1) is 11.8 Å². The van der Waals surface area contributed by atoms with Crippen LogP contribution in [0.15, 0.2) is 132 Å². The van der Waals surface area contributed by atoms with Crippen LogP contribution in [0.4, 0.5) is 0 Å². The van der Waals surface area contributed by atoms with E-state index in [1.165, 1.54) is 155 Å². The van der Waals surface area contributed by atoms with Crippen LogP contribution in [-0.2, 0) is 39.1 Å². The monoisotopic (exact) mass is 1170 g/mol. The Bertz CT molecular complexity index is 3010. The molecule has 0 bridgehead atoms. The molecule has 0 aromatic heterocycles. The average molecular weight is 1180 g/mol. The average Bonchev–Trinajstić information content (AvgIpc) is 4.14. The van der Waals surface area contributed by atoms with Crippen molar-refractivity contribution in [2.75, 3.05) is 0 Å². The minimum absolute atomic E-state index is 0. The van der Waals surface area contributed by atoms with Crippen molar-refractivity contribution < 1.29 is 17.4 Å². The van der Waals surface area contributed by atoms with Gasteiger partial charge in [-0.1, -0.05) is 0 Å². The van der Waals surface area contributed by atoms with E-state index < -0.39 is 17.4 Å². The second-order valence-electron chi connectivity index (χ2n) is 29.9. The molecule has 414 valence electrons. The van der Waals surface area contributed by atoms with Gasteiger partial charge >= 0.3 is 468 Å². The molecule has 0 nitrogen and oxygen atoms in total. The number of hydrogen-bond donors (Lipinski definition) is 0. The van der Waals surface area contributed by atoms with Crippen molar-refractivity contribution in [1.82, 2.24) is 0 Å². The van der Waals surface area contributed by atoms with Gasteiger partial charge in [-0.25, -0.2) is 0 Å². The van der Waals surface area contributed by atoms with E-state index in [-0.39, 0.29) is 46.5 Å². The summed E-state index contributed by atoms with van der Waals surface area (Å²) in [6.45, 7) is 30.8. The Balaban J connectivity index is 0.00000401. The molecule has 0 saturated heterocycles. The third kappa shape index (κ3) is 12.2. The Morgan fingerprint density at radius 1 is 0.359 bits per heavy atom. The largest absolute Gasteiger partial charge is 0.147 e. The molecule has 10 rings (SSSR count). The number of halogens is 2. The van der Waals surface area contributed by atoms with Crippen LogP contribution in [0.1, 0.15) is 212 Å². The van der Waals surface area contributed by atoms with Crippen molar-refractivity contribution in [3.63, 3.8) is 0 Å². The van der Waals surface area contributed by atoms with Crippen LogP contribution in [0.5, 0.6) is 0 Å². The molecule has 0 amide bonds. The van der Waals surface area contributed by atoms with Gasteiger partial charge in [-0.15, -0.1) is 24.8 Å². The fraction of sp³-hybridized carbons (Fsp3) is 0.459. The molecular weight excluding hydrogens is 1080 g/mol. The molecule has 2 atom stereocenters. The zero-order valence-electron chi connectivity index (χ0n) is 50.5. The van der Waals surface area contributed by atoms with E-state index in [0.29, 0.717) is 7.25 Å². The Labute approximate surface area is 488 Å². The summed E-state index contributed by atoms with van der Waals surface area (Å²) >= 11 is -4.41. The maximum Gasteiger partial charge on any atom is -0.147 e. The van der Waals surface area contributed by atoms with Gasteiger partial charge in [0.15, 0.2) is 0 Å². The number of fused-ring (bicyclic) bond motifs is 2. The third-order valence-corrected chi connectivity index (χ3v) is 36.6.